The molecule has 2 heterocycles. The van der Waals surface area contributed by atoms with E-state index in [1.807, 2.05) is 30.3 Å². The number of thiophene rings is 1. The highest BCUT2D eigenvalue weighted by atomic mass is 32.1. The number of nitro groups is 1. The fraction of sp³-hybridized carbons (Fsp3) is 0.389. The van der Waals surface area contributed by atoms with Crippen LogP contribution in [0.2, 0.25) is 0 Å². The van der Waals surface area contributed by atoms with Crippen molar-refractivity contribution in [2.75, 3.05) is 19.7 Å². The van der Waals surface area contributed by atoms with Gasteiger partial charge in [-0.05, 0) is 23.9 Å². The number of esters is 1. The van der Waals surface area contributed by atoms with E-state index in [-0.39, 0.29) is 27.7 Å². The summed E-state index contributed by atoms with van der Waals surface area (Å²) in [6.07, 6.45) is 0. The Balaban J connectivity index is 1.84. The van der Waals surface area contributed by atoms with E-state index >= 15 is 0 Å². The number of ether oxygens (including phenoxy) is 1. The number of hydrogen-bond donors (Lipinski definition) is 0. The van der Waals surface area contributed by atoms with Crippen molar-refractivity contribution >= 4 is 22.3 Å². The zero-order valence-corrected chi connectivity index (χ0v) is 14.8. The monoisotopic (exact) mass is 360 g/mol. The highest BCUT2D eigenvalue weighted by Gasteiger charge is 2.42. The van der Waals surface area contributed by atoms with Crippen molar-refractivity contribution in [2.24, 2.45) is 5.92 Å². The van der Waals surface area contributed by atoms with Crippen LogP contribution in [0.3, 0.4) is 0 Å². The van der Waals surface area contributed by atoms with Crippen molar-refractivity contribution in [2.45, 2.75) is 19.4 Å². The molecule has 2 aromatic rings. The number of rotatable bonds is 6. The molecule has 0 bridgehead atoms. The van der Waals surface area contributed by atoms with Crippen molar-refractivity contribution in [3.8, 4) is 0 Å². The van der Waals surface area contributed by atoms with E-state index in [2.05, 4.69) is 4.90 Å². The molecule has 0 spiro atoms. The largest absolute Gasteiger partial charge is 0.466 e. The van der Waals surface area contributed by atoms with Gasteiger partial charge in [-0.3, -0.25) is 19.8 Å². The molecule has 3 rings (SSSR count). The van der Waals surface area contributed by atoms with Crippen LogP contribution in [-0.4, -0.2) is 35.5 Å². The number of likely N-dealkylation sites (tertiary alicyclic amines) is 1. The molecule has 0 saturated carbocycles. The predicted molar refractivity (Wildman–Crippen MR) is 95.6 cm³/mol. The lowest BCUT2D eigenvalue weighted by atomic mass is 9.90. The number of nitrogens with zero attached hydrogens (tertiary/aromatic N) is 2. The van der Waals surface area contributed by atoms with Crippen LogP contribution in [0, 0.1) is 16.0 Å². The van der Waals surface area contributed by atoms with Crippen LogP contribution in [0.25, 0.3) is 0 Å². The lowest BCUT2D eigenvalue weighted by molar-refractivity contribution is -0.381. The van der Waals surface area contributed by atoms with Gasteiger partial charge < -0.3 is 4.74 Å². The number of benzene rings is 1. The summed E-state index contributed by atoms with van der Waals surface area (Å²) in [5.41, 5.74) is 1.80. The minimum absolute atomic E-state index is 0.126. The summed E-state index contributed by atoms with van der Waals surface area (Å²) < 4.78 is 5.22. The normalized spacial score (nSPS) is 20.5. The first kappa shape index (κ1) is 17.6. The minimum atomic E-state index is -0.378. The molecule has 0 unspecified atom stereocenters. The van der Waals surface area contributed by atoms with Gasteiger partial charge in [-0.2, -0.15) is 0 Å². The first-order valence-corrected chi connectivity index (χ1v) is 9.12. The summed E-state index contributed by atoms with van der Waals surface area (Å²) in [5, 5.41) is 13.1. The van der Waals surface area contributed by atoms with E-state index in [1.165, 1.54) is 0 Å². The smallest absolute Gasteiger partial charge is 0.327 e. The highest BCUT2D eigenvalue weighted by molar-refractivity contribution is 7.13. The van der Waals surface area contributed by atoms with Gasteiger partial charge in [-0.1, -0.05) is 41.7 Å². The topological polar surface area (TPSA) is 72.7 Å². The van der Waals surface area contributed by atoms with E-state index in [0.29, 0.717) is 31.8 Å². The van der Waals surface area contributed by atoms with Crippen LogP contribution in [0.4, 0.5) is 5.00 Å². The van der Waals surface area contributed by atoms with Gasteiger partial charge in [0.15, 0.2) is 0 Å². The second-order valence-corrected chi connectivity index (χ2v) is 6.98. The summed E-state index contributed by atoms with van der Waals surface area (Å²) in [6.45, 7) is 3.95. The Labute approximate surface area is 150 Å². The molecule has 1 saturated heterocycles. The van der Waals surface area contributed by atoms with Gasteiger partial charge in [0.05, 0.1) is 17.4 Å². The van der Waals surface area contributed by atoms with Crippen LogP contribution in [0.5, 0.6) is 0 Å². The molecular formula is C18H20N2O4S. The van der Waals surface area contributed by atoms with Gasteiger partial charge in [0.1, 0.15) is 0 Å². The number of carbonyl (C=O) groups is 1. The van der Waals surface area contributed by atoms with Crippen LogP contribution in [-0.2, 0) is 16.1 Å². The lowest BCUT2D eigenvalue weighted by Gasteiger charge is -2.15. The van der Waals surface area contributed by atoms with Crippen molar-refractivity contribution in [3.05, 3.63) is 63.0 Å². The summed E-state index contributed by atoms with van der Waals surface area (Å²) in [7, 11) is 0. The van der Waals surface area contributed by atoms with E-state index in [0.717, 1.165) is 16.9 Å². The standard InChI is InChI=1S/C18H20N2O4S/c1-2-24-18(21)16-12-19(10-13-6-4-3-5-7-13)11-15(16)14-8-9-25-17(14)20(22)23/h3-9,15-16H,2,10-12H2,1H3/t15-,16+/m0/s1. The molecule has 2 atom stereocenters. The van der Waals surface area contributed by atoms with Gasteiger partial charge in [-0.25, -0.2) is 0 Å². The first-order chi connectivity index (χ1) is 12.1. The Kier molecular flexibility index (Phi) is 5.45. The Morgan fingerprint density at radius 3 is 2.76 bits per heavy atom. The number of hydrogen-bond acceptors (Lipinski definition) is 6. The third-order valence-electron chi connectivity index (χ3n) is 4.47. The minimum Gasteiger partial charge on any atom is -0.466 e. The molecule has 1 aromatic heterocycles. The Bertz CT molecular complexity index is 747. The Morgan fingerprint density at radius 1 is 1.32 bits per heavy atom. The van der Waals surface area contributed by atoms with E-state index < -0.39 is 0 Å². The van der Waals surface area contributed by atoms with Crippen LogP contribution >= 0.6 is 11.3 Å². The summed E-state index contributed by atoms with van der Waals surface area (Å²) in [6, 6.07) is 11.8. The van der Waals surface area contributed by atoms with Gasteiger partial charge in [0.2, 0.25) is 0 Å². The third kappa shape index (κ3) is 3.88. The molecule has 6 nitrogen and oxygen atoms in total. The summed E-state index contributed by atoms with van der Waals surface area (Å²) in [4.78, 5) is 25.5. The molecule has 1 fully saturated rings. The van der Waals surface area contributed by atoms with E-state index in [9.17, 15) is 14.9 Å². The van der Waals surface area contributed by atoms with Gasteiger partial charge >= 0.3 is 11.0 Å². The van der Waals surface area contributed by atoms with E-state index in [1.54, 1.807) is 18.4 Å². The fourth-order valence-electron chi connectivity index (χ4n) is 3.40. The molecule has 0 radical (unpaired) electrons. The molecule has 7 heteroatoms. The second-order valence-electron chi connectivity index (χ2n) is 6.08. The third-order valence-corrected chi connectivity index (χ3v) is 5.35. The van der Waals surface area contributed by atoms with Gasteiger partial charge in [0.25, 0.3) is 0 Å². The highest BCUT2D eigenvalue weighted by Crippen LogP contribution is 2.41. The van der Waals surface area contributed by atoms with Crippen molar-refractivity contribution in [3.63, 3.8) is 0 Å². The molecule has 0 aliphatic carbocycles. The maximum atomic E-state index is 12.4. The average Bonchev–Trinajstić information content (AvgIpc) is 3.22. The van der Waals surface area contributed by atoms with Crippen LogP contribution in [0.1, 0.15) is 24.0 Å². The molecular weight excluding hydrogens is 340 g/mol. The summed E-state index contributed by atoms with van der Waals surface area (Å²) in [5.74, 6) is -0.866. The molecule has 132 valence electrons. The Morgan fingerprint density at radius 2 is 2.08 bits per heavy atom. The maximum absolute atomic E-state index is 12.4. The molecule has 1 aliphatic heterocycles. The molecule has 0 amide bonds. The van der Waals surface area contributed by atoms with Gasteiger partial charge in [-0.15, -0.1) is 0 Å². The fourth-order valence-corrected chi connectivity index (χ4v) is 4.19. The SMILES string of the molecule is CCOC(=O)[C@@H]1CN(Cc2ccccc2)C[C@H]1c1ccsc1[N+](=O)[O-]. The zero-order valence-electron chi connectivity index (χ0n) is 14.0. The summed E-state index contributed by atoms with van der Waals surface area (Å²) >= 11 is 1.11. The quantitative estimate of drug-likeness (QED) is 0.448. The van der Waals surface area contributed by atoms with Crippen LogP contribution < -0.4 is 0 Å². The Hall–Kier alpha value is -2.25. The van der Waals surface area contributed by atoms with E-state index in [4.69, 9.17) is 4.74 Å². The maximum Gasteiger partial charge on any atom is 0.327 e. The van der Waals surface area contributed by atoms with Crippen molar-refractivity contribution in [1.29, 1.82) is 0 Å². The lowest BCUT2D eigenvalue weighted by Crippen LogP contribution is -2.25. The second kappa shape index (κ2) is 7.76. The van der Waals surface area contributed by atoms with Crippen LogP contribution in [0.15, 0.2) is 41.8 Å². The molecule has 0 N–H and O–H groups in total. The van der Waals surface area contributed by atoms with Gasteiger partial charge in [0, 0.05) is 31.1 Å². The molecule has 1 aliphatic rings. The molecule has 25 heavy (non-hydrogen) atoms. The molecule has 1 aromatic carbocycles. The van der Waals surface area contributed by atoms with Crippen molar-refractivity contribution in [1.82, 2.24) is 4.90 Å². The number of carbonyl (C=O) groups excluding carboxylic acids is 1. The average molecular weight is 360 g/mol. The van der Waals surface area contributed by atoms with Crippen molar-refractivity contribution < 1.29 is 14.5 Å². The zero-order chi connectivity index (χ0) is 17.8. The predicted octanol–water partition coefficient (Wildman–Crippen LogP) is 3.44. The first-order valence-electron chi connectivity index (χ1n) is 8.24.